The van der Waals surface area contributed by atoms with E-state index in [1.807, 2.05) is 34.6 Å². The monoisotopic (exact) mass is 289 g/mol. The minimum atomic E-state index is -0.847. The molecule has 0 fully saturated rings. The Balaban J connectivity index is 4.18. The maximum atomic E-state index is 11.5. The normalized spacial score (nSPS) is 16.1. The minimum Gasteiger partial charge on any atom is -0.480 e. The van der Waals surface area contributed by atoms with Crippen LogP contribution in [0.2, 0.25) is 0 Å². The van der Waals surface area contributed by atoms with Crippen molar-refractivity contribution in [2.45, 2.75) is 71.6 Å². The zero-order chi connectivity index (χ0) is 15.6. The highest BCUT2D eigenvalue weighted by Crippen LogP contribution is 2.19. The number of carboxylic acid groups (broad SMARTS) is 1. The summed E-state index contributed by atoms with van der Waals surface area (Å²) in [5.74, 6) is -0.781. The molecule has 0 aliphatic heterocycles. The van der Waals surface area contributed by atoms with Crippen LogP contribution in [0.15, 0.2) is 0 Å². The number of rotatable bonds is 12. The summed E-state index contributed by atoms with van der Waals surface area (Å²) in [6.45, 7) is 11.6. The maximum Gasteiger partial charge on any atom is 0.323 e. The Morgan fingerprint density at radius 1 is 1.30 bits per heavy atom. The van der Waals surface area contributed by atoms with E-state index < -0.39 is 11.5 Å². The molecule has 20 heavy (non-hydrogen) atoms. The van der Waals surface area contributed by atoms with Gasteiger partial charge in [0.15, 0.2) is 0 Å². The maximum absolute atomic E-state index is 11.5. The molecule has 0 aliphatic carbocycles. The second-order valence-corrected chi connectivity index (χ2v) is 5.48. The van der Waals surface area contributed by atoms with Crippen molar-refractivity contribution in [3.8, 4) is 0 Å². The highest BCUT2D eigenvalue weighted by Gasteiger charge is 2.36. The Morgan fingerprint density at radius 2 is 1.95 bits per heavy atom. The van der Waals surface area contributed by atoms with Crippen molar-refractivity contribution in [2.75, 3.05) is 19.8 Å². The van der Waals surface area contributed by atoms with Gasteiger partial charge in [-0.25, -0.2) is 0 Å². The summed E-state index contributed by atoms with van der Waals surface area (Å²) >= 11 is 0. The zero-order valence-corrected chi connectivity index (χ0v) is 13.6. The smallest absolute Gasteiger partial charge is 0.323 e. The molecule has 0 saturated carbocycles. The summed E-state index contributed by atoms with van der Waals surface area (Å²) in [6.07, 6.45) is 1.90. The van der Waals surface area contributed by atoms with Crippen LogP contribution >= 0.6 is 0 Å². The second-order valence-electron chi connectivity index (χ2n) is 5.48. The van der Waals surface area contributed by atoms with Crippen LogP contribution in [0.1, 0.15) is 53.9 Å². The standard InChI is InChI=1S/C15H31NO4/c1-6-15(14(17)18,16-12(3)4)9-8-10-20-13(5)11-19-7-2/h12-13,16H,6-11H2,1-5H3,(H,17,18). The number of carboxylic acids is 1. The summed E-state index contributed by atoms with van der Waals surface area (Å²) < 4.78 is 10.9. The predicted octanol–water partition coefficient (Wildman–Crippen LogP) is 2.44. The first-order valence-electron chi connectivity index (χ1n) is 7.58. The van der Waals surface area contributed by atoms with Gasteiger partial charge in [-0.15, -0.1) is 0 Å². The van der Waals surface area contributed by atoms with E-state index in [-0.39, 0.29) is 12.1 Å². The van der Waals surface area contributed by atoms with Crippen LogP contribution in [0.25, 0.3) is 0 Å². The Morgan fingerprint density at radius 3 is 2.40 bits per heavy atom. The molecular weight excluding hydrogens is 258 g/mol. The Labute approximate surface area is 123 Å². The van der Waals surface area contributed by atoms with Crippen LogP contribution in [0, 0.1) is 0 Å². The highest BCUT2D eigenvalue weighted by molar-refractivity contribution is 5.78. The van der Waals surface area contributed by atoms with Crippen LogP contribution in [0.5, 0.6) is 0 Å². The third-order valence-electron chi connectivity index (χ3n) is 3.28. The molecule has 2 unspecified atom stereocenters. The van der Waals surface area contributed by atoms with E-state index in [4.69, 9.17) is 9.47 Å². The lowest BCUT2D eigenvalue weighted by molar-refractivity contribution is -0.146. The lowest BCUT2D eigenvalue weighted by Crippen LogP contribution is -2.54. The molecule has 0 rings (SSSR count). The van der Waals surface area contributed by atoms with Gasteiger partial charge in [0, 0.05) is 19.3 Å². The topological polar surface area (TPSA) is 67.8 Å². The van der Waals surface area contributed by atoms with Crippen molar-refractivity contribution in [1.29, 1.82) is 0 Å². The first-order valence-corrected chi connectivity index (χ1v) is 7.58. The van der Waals surface area contributed by atoms with Gasteiger partial charge < -0.3 is 14.6 Å². The van der Waals surface area contributed by atoms with Crippen LogP contribution in [-0.2, 0) is 14.3 Å². The molecule has 2 atom stereocenters. The van der Waals surface area contributed by atoms with Crippen LogP contribution in [0.3, 0.4) is 0 Å². The van der Waals surface area contributed by atoms with E-state index in [0.717, 1.165) is 6.42 Å². The number of ether oxygens (including phenoxy) is 2. The van der Waals surface area contributed by atoms with E-state index in [1.54, 1.807) is 0 Å². The summed E-state index contributed by atoms with van der Waals surface area (Å²) in [6, 6.07) is 0.142. The van der Waals surface area contributed by atoms with Gasteiger partial charge in [-0.3, -0.25) is 10.1 Å². The molecule has 0 spiro atoms. The molecule has 5 nitrogen and oxygen atoms in total. The van der Waals surface area contributed by atoms with E-state index in [1.165, 1.54) is 0 Å². The molecule has 0 aromatic heterocycles. The van der Waals surface area contributed by atoms with Crippen molar-refractivity contribution in [2.24, 2.45) is 0 Å². The first kappa shape index (κ1) is 19.4. The van der Waals surface area contributed by atoms with Crippen molar-refractivity contribution in [1.82, 2.24) is 5.32 Å². The van der Waals surface area contributed by atoms with Gasteiger partial charge in [0.25, 0.3) is 0 Å². The molecule has 120 valence electrons. The number of hydrogen-bond acceptors (Lipinski definition) is 4. The Hall–Kier alpha value is -0.650. The third-order valence-corrected chi connectivity index (χ3v) is 3.28. The largest absolute Gasteiger partial charge is 0.480 e. The van der Waals surface area contributed by atoms with E-state index in [9.17, 15) is 9.90 Å². The molecule has 0 radical (unpaired) electrons. The quantitative estimate of drug-likeness (QED) is 0.540. The number of nitrogens with one attached hydrogen (secondary N) is 1. The number of hydrogen-bond donors (Lipinski definition) is 2. The first-order chi connectivity index (χ1) is 9.38. The summed E-state index contributed by atoms with van der Waals surface area (Å²) in [4.78, 5) is 11.5. The number of carbonyl (C=O) groups is 1. The Bertz CT molecular complexity index is 271. The van der Waals surface area contributed by atoms with Crippen LogP contribution < -0.4 is 5.32 Å². The van der Waals surface area contributed by atoms with Gasteiger partial charge in [-0.1, -0.05) is 6.92 Å². The second kappa shape index (κ2) is 10.1. The molecule has 0 heterocycles. The van der Waals surface area contributed by atoms with E-state index in [0.29, 0.717) is 32.7 Å². The highest BCUT2D eigenvalue weighted by atomic mass is 16.5. The fourth-order valence-electron chi connectivity index (χ4n) is 2.21. The summed E-state index contributed by atoms with van der Waals surface area (Å²) in [7, 11) is 0. The van der Waals surface area contributed by atoms with Gasteiger partial charge in [0.05, 0.1) is 12.7 Å². The van der Waals surface area contributed by atoms with Crippen molar-refractivity contribution in [3.05, 3.63) is 0 Å². The molecule has 0 saturated heterocycles. The van der Waals surface area contributed by atoms with Crippen molar-refractivity contribution >= 4 is 5.97 Å². The van der Waals surface area contributed by atoms with Crippen LogP contribution in [0.4, 0.5) is 0 Å². The average Bonchev–Trinajstić information content (AvgIpc) is 2.39. The molecular formula is C15H31NO4. The molecule has 2 N–H and O–H groups in total. The van der Waals surface area contributed by atoms with Gasteiger partial charge in [-0.05, 0) is 47.0 Å². The lowest BCUT2D eigenvalue weighted by atomic mass is 9.89. The molecule has 0 amide bonds. The average molecular weight is 289 g/mol. The third kappa shape index (κ3) is 7.22. The van der Waals surface area contributed by atoms with Crippen molar-refractivity contribution in [3.63, 3.8) is 0 Å². The van der Waals surface area contributed by atoms with Crippen LogP contribution in [-0.4, -0.2) is 48.6 Å². The summed E-state index contributed by atoms with van der Waals surface area (Å²) in [5, 5.41) is 12.7. The molecule has 0 aromatic rings. The van der Waals surface area contributed by atoms with E-state index >= 15 is 0 Å². The minimum absolute atomic E-state index is 0.0499. The zero-order valence-electron chi connectivity index (χ0n) is 13.6. The fraction of sp³-hybridized carbons (Fsp3) is 0.933. The molecule has 5 heteroatoms. The Kier molecular flexibility index (Phi) is 9.80. The molecule has 0 bridgehead atoms. The predicted molar refractivity (Wildman–Crippen MR) is 80.1 cm³/mol. The number of aliphatic carboxylic acids is 1. The SMILES string of the molecule is CCOCC(C)OCCCC(CC)(NC(C)C)C(=O)O. The molecule has 0 aromatic carbocycles. The van der Waals surface area contributed by atoms with Gasteiger partial charge in [0.2, 0.25) is 0 Å². The van der Waals surface area contributed by atoms with Gasteiger partial charge >= 0.3 is 5.97 Å². The molecule has 0 aliphatic rings. The summed E-state index contributed by atoms with van der Waals surface area (Å²) in [5.41, 5.74) is -0.847. The van der Waals surface area contributed by atoms with Gasteiger partial charge in [-0.2, -0.15) is 0 Å². The van der Waals surface area contributed by atoms with E-state index in [2.05, 4.69) is 5.32 Å². The van der Waals surface area contributed by atoms with Crippen molar-refractivity contribution < 1.29 is 19.4 Å². The lowest BCUT2D eigenvalue weighted by Gasteiger charge is -2.31. The van der Waals surface area contributed by atoms with Gasteiger partial charge in [0.1, 0.15) is 5.54 Å². The fourth-order valence-corrected chi connectivity index (χ4v) is 2.21.